The van der Waals surface area contributed by atoms with Gasteiger partial charge < -0.3 is 9.72 Å². The number of H-pyrrole nitrogens is 1. The number of fused-ring (bicyclic) bond motifs is 2. The molecule has 1 amide bonds. The maximum Gasteiger partial charge on any atom is 0.231 e. The van der Waals surface area contributed by atoms with Crippen molar-refractivity contribution in [3.8, 4) is 11.1 Å². The zero-order chi connectivity index (χ0) is 23.4. The van der Waals surface area contributed by atoms with Gasteiger partial charge in [0.05, 0.1) is 28.9 Å². The number of carbonyl (C=O) groups excluding carboxylic acids is 1. The first-order valence-corrected chi connectivity index (χ1v) is 11.9. The number of aromatic amines is 1. The van der Waals surface area contributed by atoms with E-state index in [1.807, 2.05) is 6.07 Å². The average Bonchev–Trinajstić information content (AvgIpc) is 3.19. The van der Waals surface area contributed by atoms with Gasteiger partial charge >= 0.3 is 0 Å². The number of benzene rings is 1. The van der Waals surface area contributed by atoms with E-state index in [4.69, 9.17) is 11.6 Å². The van der Waals surface area contributed by atoms with Gasteiger partial charge in [-0.15, -0.1) is 0 Å². The Kier molecular flexibility index (Phi) is 5.26. The average molecular weight is 485 g/mol. The largest absolute Gasteiger partial charge is 0.309 e. The highest BCUT2D eigenvalue weighted by Crippen LogP contribution is 2.40. The molecule has 176 valence electrons. The first-order chi connectivity index (χ1) is 16.5. The van der Waals surface area contributed by atoms with Crippen molar-refractivity contribution < 1.29 is 13.6 Å². The Balaban J connectivity index is 1.37. The number of nitrogens with zero attached hydrogens (tertiary/aromatic N) is 4. The number of hydrogen-bond acceptors (Lipinski definition) is 4. The monoisotopic (exact) mass is 484 g/mol. The Hall–Kier alpha value is -3.04. The predicted octanol–water partition coefficient (Wildman–Crippen LogP) is 4.95. The van der Waals surface area contributed by atoms with Gasteiger partial charge in [0.25, 0.3) is 0 Å². The highest BCUT2D eigenvalue weighted by atomic mass is 35.5. The molecule has 7 nitrogen and oxygen atoms in total. The smallest absolute Gasteiger partial charge is 0.231 e. The fourth-order valence-electron chi connectivity index (χ4n) is 4.80. The summed E-state index contributed by atoms with van der Waals surface area (Å²) < 4.78 is 30.5. The minimum Gasteiger partial charge on any atom is -0.309 e. The number of likely N-dealkylation sites (tertiary alicyclic amines) is 1. The third-order valence-electron chi connectivity index (χ3n) is 6.76. The van der Waals surface area contributed by atoms with Crippen LogP contribution in [0.25, 0.3) is 27.7 Å². The van der Waals surface area contributed by atoms with E-state index in [1.54, 1.807) is 29.1 Å². The molecule has 0 unspecified atom stereocenters. The molecule has 0 radical (unpaired) electrons. The molecular weight excluding hydrogens is 462 g/mol. The summed E-state index contributed by atoms with van der Waals surface area (Å²) in [5, 5.41) is 10.6. The second kappa shape index (κ2) is 8.32. The maximum atomic E-state index is 15.6. The molecule has 0 bridgehead atoms. The molecule has 3 aromatic heterocycles. The molecule has 6 rings (SSSR count). The fourth-order valence-corrected chi connectivity index (χ4v) is 5.13. The molecule has 4 aromatic rings. The standard InChI is InChI=1S/C24H23ClF2N6O/c25-21-20(15-9-28-31-23(15)16(22(21)27)11-32-6-2-1-3-7-32)13-4-5-19-29-18(12-33(19)10-13)30-24(34)14-8-17(14)26/h4-5,9-10,12,14,17H,1-3,6-8,11H2,(H,28,31)(H,30,34)/t14-,17+/m1/s1. The van der Waals surface area contributed by atoms with Crippen molar-refractivity contribution in [2.24, 2.45) is 5.92 Å². The number of alkyl halides is 1. The van der Waals surface area contributed by atoms with Gasteiger partial charge in [0, 0.05) is 34.8 Å². The molecule has 2 N–H and O–H groups in total. The Labute approximate surface area is 199 Å². The lowest BCUT2D eigenvalue weighted by Crippen LogP contribution is -2.29. The summed E-state index contributed by atoms with van der Waals surface area (Å²) in [6, 6.07) is 3.58. The lowest BCUT2D eigenvalue weighted by Gasteiger charge is -2.27. The predicted molar refractivity (Wildman–Crippen MR) is 126 cm³/mol. The number of nitrogens with one attached hydrogen (secondary N) is 2. The van der Waals surface area contributed by atoms with Crippen molar-refractivity contribution in [1.82, 2.24) is 24.5 Å². The fraction of sp³-hybridized carbons (Fsp3) is 0.375. The van der Waals surface area contributed by atoms with Crippen LogP contribution in [0.5, 0.6) is 0 Å². The summed E-state index contributed by atoms with van der Waals surface area (Å²) in [6.45, 7) is 2.36. The van der Waals surface area contributed by atoms with Gasteiger partial charge in [0.15, 0.2) is 5.82 Å². The van der Waals surface area contributed by atoms with Gasteiger partial charge in [-0.05, 0) is 44.5 Å². The Morgan fingerprint density at radius 2 is 2.03 bits per heavy atom. The van der Waals surface area contributed by atoms with Crippen LogP contribution in [0, 0.1) is 11.7 Å². The van der Waals surface area contributed by atoms with Gasteiger partial charge in [-0.1, -0.05) is 18.0 Å². The molecular formula is C24H23ClF2N6O. The maximum absolute atomic E-state index is 15.6. The Morgan fingerprint density at radius 3 is 2.79 bits per heavy atom. The van der Waals surface area contributed by atoms with Gasteiger partial charge in [-0.25, -0.2) is 13.8 Å². The van der Waals surface area contributed by atoms with Crippen LogP contribution in [0.15, 0.2) is 30.7 Å². The molecule has 10 heteroatoms. The molecule has 1 aliphatic heterocycles. The van der Waals surface area contributed by atoms with Crippen molar-refractivity contribution in [3.63, 3.8) is 0 Å². The van der Waals surface area contributed by atoms with Crippen LogP contribution in [-0.4, -0.2) is 49.7 Å². The van der Waals surface area contributed by atoms with Crippen LogP contribution < -0.4 is 5.32 Å². The van der Waals surface area contributed by atoms with E-state index in [9.17, 15) is 9.18 Å². The molecule has 2 fully saturated rings. The number of anilines is 1. The lowest BCUT2D eigenvalue weighted by molar-refractivity contribution is -0.117. The molecule has 1 aromatic carbocycles. The number of amides is 1. The number of carbonyl (C=O) groups is 1. The number of piperidine rings is 1. The molecule has 2 aliphatic rings. The lowest BCUT2D eigenvalue weighted by atomic mass is 9.99. The number of pyridine rings is 1. The highest BCUT2D eigenvalue weighted by Gasteiger charge is 2.43. The number of imidazole rings is 1. The molecule has 1 saturated heterocycles. The first kappa shape index (κ1) is 21.5. The quantitative estimate of drug-likeness (QED) is 0.420. The normalized spacial score (nSPS) is 20.8. The zero-order valence-electron chi connectivity index (χ0n) is 18.3. The number of aromatic nitrogens is 4. The molecule has 2 atom stereocenters. The van der Waals surface area contributed by atoms with Gasteiger partial charge in [-0.3, -0.25) is 14.8 Å². The molecule has 1 saturated carbocycles. The van der Waals surface area contributed by atoms with E-state index in [-0.39, 0.29) is 17.4 Å². The topological polar surface area (TPSA) is 78.3 Å². The third kappa shape index (κ3) is 3.73. The van der Waals surface area contributed by atoms with E-state index in [1.165, 1.54) is 6.42 Å². The van der Waals surface area contributed by atoms with Gasteiger partial charge in [0.1, 0.15) is 17.6 Å². The SMILES string of the molecule is O=C(Nc1cn2cc(-c3c(Cl)c(F)c(CN4CCCCC4)c4[nH]ncc34)ccc2n1)[C@@H]1C[C@@H]1F. The van der Waals surface area contributed by atoms with Crippen LogP contribution in [0.3, 0.4) is 0 Å². The highest BCUT2D eigenvalue weighted by molar-refractivity contribution is 6.35. The van der Waals surface area contributed by atoms with Crippen molar-refractivity contribution in [3.05, 3.63) is 47.1 Å². The van der Waals surface area contributed by atoms with Crippen molar-refractivity contribution in [1.29, 1.82) is 0 Å². The second-order valence-corrected chi connectivity index (χ2v) is 9.51. The van der Waals surface area contributed by atoms with Crippen LogP contribution >= 0.6 is 11.6 Å². The minimum atomic E-state index is -1.07. The van der Waals surface area contributed by atoms with E-state index >= 15 is 4.39 Å². The minimum absolute atomic E-state index is 0.0524. The summed E-state index contributed by atoms with van der Waals surface area (Å²) in [7, 11) is 0. The van der Waals surface area contributed by atoms with Crippen molar-refractivity contribution in [2.45, 2.75) is 38.4 Å². The molecule has 0 spiro atoms. The molecule has 1 aliphatic carbocycles. The van der Waals surface area contributed by atoms with Crippen LogP contribution in [0.1, 0.15) is 31.2 Å². The van der Waals surface area contributed by atoms with Gasteiger partial charge in [0.2, 0.25) is 5.91 Å². The van der Waals surface area contributed by atoms with E-state index in [0.29, 0.717) is 40.2 Å². The van der Waals surface area contributed by atoms with Crippen LogP contribution in [0.2, 0.25) is 5.02 Å². The Bertz CT molecular complexity index is 1410. The third-order valence-corrected chi connectivity index (χ3v) is 7.11. The van der Waals surface area contributed by atoms with Crippen molar-refractivity contribution >= 4 is 39.9 Å². The molecule has 34 heavy (non-hydrogen) atoms. The summed E-state index contributed by atoms with van der Waals surface area (Å²) in [6.07, 6.45) is 7.71. The number of rotatable bonds is 5. The summed E-state index contributed by atoms with van der Waals surface area (Å²) >= 11 is 6.61. The first-order valence-electron chi connectivity index (χ1n) is 11.5. The van der Waals surface area contributed by atoms with E-state index in [2.05, 4.69) is 25.4 Å². The van der Waals surface area contributed by atoms with Gasteiger partial charge in [-0.2, -0.15) is 5.10 Å². The number of hydrogen-bond donors (Lipinski definition) is 2. The summed E-state index contributed by atoms with van der Waals surface area (Å²) in [5.74, 6) is -1.07. The molecule has 4 heterocycles. The summed E-state index contributed by atoms with van der Waals surface area (Å²) in [5.41, 5.74) is 3.00. The van der Waals surface area contributed by atoms with E-state index < -0.39 is 17.9 Å². The second-order valence-electron chi connectivity index (χ2n) is 9.13. The van der Waals surface area contributed by atoms with E-state index in [0.717, 1.165) is 31.3 Å². The zero-order valence-corrected chi connectivity index (χ0v) is 19.1. The van der Waals surface area contributed by atoms with Crippen LogP contribution in [-0.2, 0) is 11.3 Å². The Morgan fingerprint density at radius 1 is 1.24 bits per heavy atom. The van der Waals surface area contributed by atoms with Crippen LogP contribution in [0.4, 0.5) is 14.6 Å². The number of halogens is 3. The van der Waals surface area contributed by atoms with Crippen molar-refractivity contribution in [2.75, 3.05) is 18.4 Å². The summed E-state index contributed by atoms with van der Waals surface area (Å²) in [4.78, 5) is 18.7.